The fourth-order valence-corrected chi connectivity index (χ4v) is 3.68. The Labute approximate surface area is 179 Å². The van der Waals surface area contributed by atoms with Crippen LogP contribution in [0.25, 0.3) is 0 Å². The largest absolute Gasteiger partial charge is 0.385 e. The molecule has 2 rings (SSSR count). The summed E-state index contributed by atoms with van der Waals surface area (Å²) in [6, 6.07) is 6.66. The monoisotopic (exact) mass is 417 g/mol. The zero-order valence-corrected chi connectivity index (χ0v) is 18.6. The highest BCUT2D eigenvalue weighted by Gasteiger charge is 2.34. The Morgan fingerprint density at radius 1 is 1.13 bits per heavy atom. The minimum Gasteiger partial charge on any atom is -0.385 e. The van der Waals surface area contributed by atoms with Crippen LogP contribution in [0, 0.1) is 18.8 Å². The standard InChI is InChI=1S/C23H35N3O4/c1-16(2)23(29)26-13-10-18(11-14-26)20(22(28)24-12-5-15-30-4)25-21(27)19-8-6-17(3)7-9-19/h6-9,16,18,20H,5,10-15H2,1-4H3,(H,24,28)(H,25,27)/t20-/m1/s1. The number of benzene rings is 1. The van der Waals surface area contributed by atoms with E-state index < -0.39 is 6.04 Å². The van der Waals surface area contributed by atoms with Crippen LogP contribution in [0.4, 0.5) is 0 Å². The summed E-state index contributed by atoms with van der Waals surface area (Å²) in [5, 5.41) is 5.86. The van der Waals surface area contributed by atoms with Crippen molar-refractivity contribution in [1.82, 2.24) is 15.5 Å². The Kier molecular flexibility index (Phi) is 9.30. The van der Waals surface area contributed by atoms with Crippen LogP contribution >= 0.6 is 0 Å². The summed E-state index contributed by atoms with van der Waals surface area (Å²) in [4.78, 5) is 39.8. The number of ether oxygens (including phenoxy) is 1. The van der Waals surface area contributed by atoms with Gasteiger partial charge in [0.15, 0.2) is 0 Å². The molecule has 1 aliphatic heterocycles. The average Bonchev–Trinajstić information content (AvgIpc) is 2.74. The highest BCUT2D eigenvalue weighted by Crippen LogP contribution is 2.23. The highest BCUT2D eigenvalue weighted by molar-refractivity contribution is 5.97. The second kappa shape index (κ2) is 11.7. The van der Waals surface area contributed by atoms with Crippen LogP contribution in [0.2, 0.25) is 0 Å². The number of aryl methyl sites for hydroxylation is 1. The number of nitrogens with one attached hydrogen (secondary N) is 2. The number of piperidine rings is 1. The van der Waals surface area contributed by atoms with Gasteiger partial charge in [0.25, 0.3) is 5.91 Å². The lowest BCUT2D eigenvalue weighted by Crippen LogP contribution is -2.54. The van der Waals surface area contributed by atoms with Crippen LogP contribution in [0.15, 0.2) is 24.3 Å². The van der Waals surface area contributed by atoms with E-state index in [1.807, 2.05) is 37.8 Å². The number of carbonyl (C=O) groups is 3. The molecule has 1 aromatic rings. The van der Waals surface area contributed by atoms with Gasteiger partial charge in [-0.1, -0.05) is 31.5 Å². The second-order valence-electron chi connectivity index (χ2n) is 8.27. The van der Waals surface area contributed by atoms with E-state index >= 15 is 0 Å². The van der Waals surface area contributed by atoms with Crippen molar-refractivity contribution in [2.45, 2.75) is 46.1 Å². The number of hydrogen-bond acceptors (Lipinski definition) is 4. The van der Waals surface area contributed by atoms with Gasteiger partial charge in [0.2, 0.25) is 11.8 Å². The lowest BCUT2D eigenvalue weighted by atomic mass is 9.88. The molecular weight excluding hydrogens is 382 g/mol. The summed E-state index contributed by atoms with van der Waals surface area (Å²) in [7, 11) is 1.62. The molecule has 0 unspecified atom stereocenters. The highest BCUT2D eigenvalue weighted by atomic mass is 16.5. The van der Waals surface area contributed by atoms with Gasteiger partial charge >= 0.3 is 0 Å². The van der Waals surface area contributed by atoms with Crippen LogP contribution in [-0.4, -0.2) is 62.0 Å². The van der Waals surface area contributed by atoms with Crippen molar-refractivity contribution in [1.29, 1.82) is 0 Å². The quantitative estimate of drug-likeness (QED) is 0.603. The van der Waals surface area contributed by atoms with Gasteiger partial charge in [-0.25, -0.2) is 0 Å². The van der Waals surface area contributed by atoms with Gasteiger partial charge in [-0.15, -0.1) is 0 Å². The molecule has 1 aliphatic rings. The van der Waals surface area contributed by atoms with Crippen LogP contribution in [0.1, 0.15) is 49.0 Å². The van der Waals surface area contributed by atoms with Crippen molar-refractivity contribution >= 4 is 17.7 Å². The molecule has 0 bridgehead atoms. The number of likely N-dealkylation sites (tertiary alicyclic amines) is 1. The van der Waals surface area contributed by atoms with Crippen molar-refractivity contribution in [3.05, 3.63) is 35.4 Å². The maximum Gasteiger partial charge on any atom is 0.251 e. The maximum atomic E-state index is 12.9. The molecule has 2 N–H and O–H groups in total. The minimum atomic E-state index is -0.627. The Bertz CT molecular complexity index is 710. The fraction of sp³-hybridized carbons (Fsp3) is 0.609. The minimum absolute atomic E-state index is 0.0157. The lowest BCUT2D eigenvalue weighted by molar-refractivity contribution is -0.136. The number of rotatable bonds is 9. The predicted octanol–water partition coefficient (Wildman–Crippen LogP) is 2.14. The lowest BCUT2D eigenvalue weighted by Gasteiger charge is -2.36. The molecule has 7 heteroatoms. The van der Waals surface area contributed by atoms with E-state index in [-0.39, 0.29) is 29.6 Å². The van der Waals surface area contributed by atoms with Crippen LogP contribution in [0.5, 0.6) is 0 Å². The molecule has 3 amide bonds. The van der Waals surface area contributed by atoms with Crippen molar-refractivity contribution in [3.63, 3.8) is 0 Å². The molecule has 0 radical (unpaired) electrons. The van der Waals surface area contributed by atoms with Gasteiger partial charge < -0.3 is 20.3 Å². The Balaban J connectivity index is 2.05. The zero-order chi connectivity index (χ0) is 22.1. The van der Waals surface area contributed by atoms with Crippen molar-refractivity contribution in [2.24, 2.45) is 11.8 Å². The molecule has 0 saturated carbocycles. The van der Waals surface area contributed by atoms with Crippen molar-refractivity contribution in [3.8, 4) is 0 Å². The summed E-state index contributed by atoms with van der Waals surface area (Å²) >= 11 is 0. The molecule has 1 saturated heterocycles. The Hall–Kier alpha value is -2.41. The summed E-state index contributed by atoms with van der Waals surface area (Å²) in [6.07, 6.45) is 2.08. The number of carbonyl (C=O) groups excluding carboxylic acids is 3. The third kappa shape index (κ3) is 6.83. The molecule has 0 aliphatic carbocycles. The molecular formula is C23H35N3O4. The first-order chi connectivity index (χ1) is 14.3. The van der Waals surface area contributed by atoms with E-state index in [1.165, 1.54) is 0 Å². The smallest absolute Gasteiger partial charge is 0.251 e. The van der Waals surface area contributed by atoms with E-state index in [1.54, 1.807) is 19.2 Å². The molecule has 1 fully saturated rings. The first-order valence-electron chi connectivity index (χ1n) is 10.8. The topological polar surface area (TPSA) is 87.7 Å². The summed E-state index contributed by atoms with van der Waals surface area (Å²) in [6.45, 7) is 8.03. The first kappa shape index (κ1) is 23.9. The van der Waals surface area contributed by atoms with Crippen molar-refractivity contribution < 1.29 is 19.1 Å². The number of methoxy groups -OCH3 is 1. The molecule has 166 valence electrons. The molecule has 30 heavy (non-hydrogen) atoms. The summed E-state index contributed by atoms with van der Waals surface area (Å²) in [5.41, 5.74) is 1.60. The molecule has 0 spiro atoms. The molecule has 1 heterocycles. The third-order valence-electron chi connectivity index (χ3n) is 5.52. The molecule has 1 aromatic carbocycles. The zero-order valence-electron chi connectivity index (χ0n) is 18.6. The fourth-order valence-electron chi connectivity index (χ4n) is 3.68. The maximum absolute atomic E-state index is 12.9. The summed E-state index contributed by atoms with van der Waals surface area (Å²) in [5.74, 6) is -0.355. The summed E-state index contributed by atoms with van der Waals surface area (Å²) < 4.78 is 5.03. The second-order valence-corrected chi connectivity index (χ2v) is 8.27. The Morgan fingerprint density at radius 3 is 2.33 bits per heavy atom. The van der Waals surface area contributed by atoms with Gasteiger partial charge in [-0.2, -0.15) is 0 Å². The molecule has 7 nitrogen and oxygen atoms in total. The van der Waals surface area contributed by atoms with E-state index in [4.69, 9.17) is 4.74 Å². The van der Waals surface area contributed by atoms with E-state index in [9.17, 15) is 14.4 Å². The van der Waals surface area contributed by atoms with Crippen LogP contribution in [-0.2, 0) is 14.3 Å². The van der Waals surface area contributed by atoms with E-state index in [0.29, 0.717) is 51.1 Å². The first-order valence-corrected chi connectivity index (χ1v) is 10.8. The van der Waals surface area contributed by atoms with Gasteiger partial charge in [-0.05, 0) is 44.2 Å². The van der Waals surface area contributed by atoms with Crippen LogP contribution in [0.3, 0.4) is 0 Å². The molecule has 0 aromatic heterocycles. The van der Waals surface area contributed by atoms with Gasteiger partial charge in [-0.3, -0.25) is 14.4 Å². The number of amides is 3. The van der Waals surface area contributed by atoms with Gasteiger partial charge in [0.05, 0.1) is 0 Å². The SMILES string of the molecule is COCCCNC(=O)[C@H](NC(=O)c1ccc(C)cc1)C1CCN(C(=O)C(C)C)CC1. The van der Waals surface area contributed by atoms with Crippen LogP contribution < -0.4 is 10.6 Å². The average molecular weight is 418 g/mol. The van der Waals surface area contributed by atoms with Crippen molar-refractivity contribution in [2.75, 3.05) is 33.4 Å². The van der Waals surface area contributed by atoms with Gasteiger partial charge in [0.1, 0.15) is 6.04 Å². The third-order valence-corrected chi connectivity index (χ3v) is 5.52. The Morgan fingerprint density at radius 2 is 1.77 bits per heavy atom. The van der Waals surface area contributed by atoms with E-state index in [0.717, 1.165) is 5.56 Å². The van der Waals surface area contributed by atoms with Gasteiger partial charge in [0, 0.05) is 44.8 Å². The number of hydrogen-bond donors (Lipinski definition) is 2. The molecule has 1 atom stereocenters. The predicted molar refractivity (Wildman–Crippen MR) is 116 cm³/mol. The number of nitrogens with zero attached hydrogens (tertiary/aromatic N) is 1. The van der Waals surface area contributed by atoms with E-state index in [2.05, 4.69) is 10.6 Å². The normalized spacial score (nSPS) is 15.7.